The first kappa shape index (κ1) is 22.1. The Morgan fingerprint density at radius 1 is 1.07 bits per heavy atom. The van der Waals surface area contributed by atoms with Gasteiger partial charge in [0.15, 0.2) is 9.84 Å². The van der Waals surface area contributed by atoms with Crippen LogP contribution in [0.2, 0.25) is 0 Å². The average Bonchev–Trinajstić information content (AvgIpc) is 3.13. The van der Waals surface area contributed by atoms with Crippen molar-refractivity contribution < 1.29 is 26.4 Å². The lowest BCUT2D eigenvalue weighted by Crippen LogP contribution is -2.20. The van der Waals surface area contributed by atoms with Gasteiger partial charge in [-0.3, -0.25) is 4.79 Å². The predicted molar refractivity (Wildman–Crippen MR) is 110 cm³/mol. The van der Waals surface area contributed by atoms with Gasteiger partial charge in [-0.2, -0.15) is 13.2 Å². The van der Waals surface area contributed by atoms with Gasteiger partial charge < -0.3 is 10.2 Å². The Morgan fingerprint density at radius 3 is 2.43 bits per heavy atom. The number of anilines is 2. The van der Waals surface area contributed by atoms with Crippen LogP contribution in [0.15, 0.2) is 41.3 Å². The van der Waals surface area contributed by atoms with Crippen molar-refractivity contribution in [2.75, 3.05) is 30.1 Å². The summed E-state index contributed by atoms with van der Waals surface area (Å²) in [6.07, 6.45) is -2.15. The minimum absolute atomic E-state index is 0.0187. The molecule has 0 heterocycles. The van der Waals surface area contributed by atoms with Gasteiger partial charge in [-0.25, -0.2) is 8.42 Å². The number of hydrogen-bond donors (Lipinski definition) is 1. The predicted octanol–water partition coefficient (Wildman–Crippen LogP) is 4.06. The zero-order valence-corrected chi connectivity index (χ0v) is 17.5. The number of alkyl halides is 3. The molecule has 1 N–H and O–H groups in total. The molecule has 1 aliphatic rings. The summed E-state index contributed by atoms with van der Waals surface area (Å²) < 4.78 is 64.3. The fourth-order valence-electron chi connectivity index (χ4n) is 3.50. The number of aryl methyl sites for hydroxylation is 2. The summed E-state index contributed by atoms with van der Waals surface area (Å²) in [5.41, 5.74) is 1.63. The van der Waals surface area contributed by atoms with Crippen molar-refractivity contribution >= 4 is 27.1 Å². The van der Waals surface area contributed by atoms with Crippen LogP contribution in [-0.2, 0) is 33.6 Å². The van der Waals surface area contributed by atoms with Gasteiger partial charge in [-0.15, -0.1) is 0 Å². The van der Waals surface area contributed by atoms with Crippen LogP contribution in [0, 0.1) is 0 Å². The summed E-state index contributed by atoms with van der Waals surface area (Å²) in [5.74, 6) is -1.09. The molecule has 9 heteroatoms. The lowest BCUT2D eigenvalue weighted by Gasteiger charge is -2.20. The lowest BCUT2D eigenvalue weighted by atomic mass is 10.1. The molecule has 3 rings (SSSR count). The standard InChI is InChI=1S/C21H23F3N2O3S/c1-26(2)19-9-7-16(21(22,23)24)13-18(19)25-20(27)10-11-30(28,29)17-8-6-14-4-3-5-15(14)12-17/h6-9,12-13H,3-5,10-11H2,1-2H3,(H,25,27). The molecule has 162 valence electrons. The Hall–Kier alpha value is -2.55. The van der Waals surface area contributed by atoms with Gasteiger partial charge in [0.1, 0.15) is 0 Å². The fourth-order valence-corrected chi connectivity index (χ4v) is 4.79. The highest BCUT2D eigenvalue weighted by Crippen LogP contribution is 2.35. The SMILES string of the molecule is CN(C)c1ccc(C(F)(F)F)cc1NC(=O)CCS(=O)(=O)c1ccc2c(c1)CCC2. The van der Waals surface area contributed by atoms with Crippen molar-refractivity contribution in [2.45, 2.75) is 36.8 Å². The number of rotatable bonds is 6. The fraction of sp³-hybridized carbons (Fsp3) is 0.381. The number of carbonyl (C=O) groups is 1. The zero-order valence-electron chi connectivity index (χ0n) is 16.7. The number of fused-ring (bicyclic) bond motifs is 1. The van der Waals surface area contributed by atoms with E-state index in [1.807, 2.05) is 0 Å². The average molecular weight is 440 g/mol. The largest absolute Gasteiger partial charge is 0.416 e. The first-order chi connectivity index (χ1) is 14.0. The number of hydrogen-bond acceptors (Lipinski definition) is 4. The van der Waals surface area contributed by atoms with Crippen molar-refractivity contribution in [3.05, 3.63) is 53.1 Å². The minimum Gasteiger partial charge on any atom is -0.376 e. The van der Waals surface area contributed by atoms with Crippen LogP contribution in [0.1, 0.15) is 29.5 Å². The van der Waals surface area contributed by atoms with E-state index in [2.05, 4.69) is 5.32 Å². The van der Waals surface area contributed by atoms with Crippen molar-refractivity contribution in [3.8, 4) is 0 Å². The summed E-state index contributed by atoms with van der Waals surface area (Å²) >= 11 is 0. The molecule has 0 fully saturated rings. The number of amides is 1. The summed E-state index contributed by atoms with van der Waals surface area (Å²) in [6.45, 7) is 0. The van der Waals surface area contributed by atoms with E-state index in [4.69, 9.17) is 0 Å². The van der Waals surface area contributed by atoms with Gasteiger partial charge in [0.05, 0.1) is 27.6 Å². The number of nitrogens with one attached hydrogen (secondary N) is 1. The molecule has 1 aliphatic carbocycles. The Kier molecular flexibility index (Phi) is 6.12. The molecule has 0 unspecified atom stereocenters. The summed E-state index contributed by atoms with van der Waals surface area (Å²) in [4.78, 5) is 14.1. The third-order valence-electron chi connectivity index (χ3n) is 5.11. The van der Waals surface area contributed by atoms with Gasteiger partial charge >= 0.3 is 6.18 Å². The number of nitrogens with zero attached hydrogens (tertiary/aromatic N) is 1. The van der Waals surface area contributed by atoms with E-state index in [0.29, 0.717) is 5.69 Å². The summed E-state index contributed by atoms with van der Waals surface area (Å²) in [6, 6.07) is 8.06. The van der Waals surface area contributed by atoms with Crippen LogP contribution in [0.4, 0.5) is 24.5 Å². The molecular weight excluding hydrogens is 417 g/mol. The maximum Gasteiger partial charge on any atom is 0.416 e. The zero-order chi connectivity index (χ0) is 22.1. The number of sulfone groups is 1. The summed E-state index contributed by atoms with van der Waals surface area (Å²) in [7, 11) is -0.407. The molecule has 0 atom stereocenters. The maximum absolute atomic E-state index is 13.0. The molecule has 0 saturated heterocycles. The van der Waals surface area contributed by atoms with Gasteiger partial charge in [0, 0.05) is 20.5 Å². The smallest absolute Gasteiger partial charge is 0.376 e. The Morgan fingerprint density at radius 2 is 1.77 bits per heavy atom. The van der Waals surface area contributed by atoms with Crippen molar-refractivity contribution in [2.24, 2.45) is 0 Å². The second-order valence-electron chi connectivity index (χ2n) is 7.53. The van der Waals surface area contributed by atoms with E-state index in [1.54, 1.807) is 37.2 Å². The van der Waals surface area contributed by atoms with Gasteiger partial charge in [-0.05, 0) is 60.7 Å². The van der Waals surface area contributed by atoms with Crippen LogP contribution in [0.5, 0.6) is 0 Å². The normalized spacial score (nSPS) is 13.8. The Bertz CT molecular complexity index is 1060. The van der Waals surface area contributed by atoms with E-state index in [1.165, 1.54) is 6.07 Å². The molecule has 0 radical (unpaired) electrons. The topological polar surface area (TPSA) is 66.5 Å². The highest BCUT2D eigenvalue weighted by molar-refractivity contribution is 7.91. The number of halogens is 3. The molecule has 2 aromatic rings. The van der Waals surface area contributed by atoms with E-state index < -0.39 is 33.2 Å². The third-order valence-corrected chi connectivity index (χ3v) is 6.82. The molecule has 0 aliphatic heterocycles. The third kappa shape index (κ3) is 4.95. The molecule has 0 bridgehead atoms. The molecule has 0 saturated carbocycles. The highest BCUT2D eigenvalue weighted by Gasteiger charge is 2.31. The van der Waals surface area contributed by atoms with E-state index >= 15 is 0 Å². The Labute approximate surface area is 173 Å². The first-order valence-electron chi connectivity index (χ1n) is 9.50. The highest BCUT2D eigenvalue weighted by atomic mass is 32.2. The quantitative estimate of drug-likeness (QED) is 0.736. The Balaban J connectivity index is 1.72. The van der Waals surface area contributed by atoms with Gasteiger partial charge in [0.2, 0.25) is 5.91 Å². The van der Waals surface area contributed by atoms with Crippen LogP contribution in [-0.4, -0.2) is 34.2 Å². The molecule has 2 aromatic carbocycles. The second-order valence-corrected chi connectivity index (χ2v) is 9.63. The second kappa shape index (κ2) is 8.29. The number of benzene rings is 2. The number of carbonyl (C=O) groups excluding carboxylic acids is 1. The minimum atomic E-state index is -4.55. The van der Waals surface area contributed by atoms with Crippen LogP contribution < -0.4 is 10.2 Å². The van der Waals surface area contributed by atoms with Crippen molar-refractivity contribution in [3.63, 3.8) is 0 Å². The van der Waals surface area contributed by atoms with E-state index in [0.717, 1.165) is 42.5 Å². The van der Waals surface area contributed by atoms with Crippen molar-refractivity contribution in [1.29, 1.82) is 0 Å². The van der Waals surface area contributed by atoms with Gasteiger partial charge in [-0.1, -0.05) is 6.07 Å². The molecule has 0 spiro atoms. The monoisotopic (exact) mass is 440 g/mol. The first-order valence-corrected chi connectivity index (χ1v) is 11.2. The van der Waals surface area contributed by atoms with Crippen molar-refractivity contribution in [1.82, 2.24) is 0 Å². The van der Waals surface area contributed by atoms with Gasteiger partial charge in [0.25, 0.3) is 0 Å². The molecular formula is C21H23F3N2O3S. The molecule has 0 aromatic heterocycles. The summed E-state index contributed by atoms with van der Waals surface area (Å²) in [5, 5.41) is 2.43. The van der Waals surface area contributed by atoms with E-state index in [9.17, 15) is 26.4 Å². The van der Waals surface area contributed by atoms with E-state index in [-0.39, 0.29) is 17.0 Å². The van der Waals surface area contributed by atoms with Crippen LogP contribution in [0.3, 0.4) is 0 Å². The van der Waals surface area contributed by atoms with Crippen LogP contribution >= 0.6 is 0 Å². The molecule has 1 amide bonds. The lowest BCUT2D eigenvalue weighted by molar-refractivity contribution is -0.137. The molecule has 30 heavy (non-hydrogen) atoms. The van der Waals surface area contributed by atoms with Crippen LogP contribution in [0.25, 0.3) is 0 Å². The maximum atomic E-state index is 13.0. The molecule has 5 nitrogen and oxygen atoms in total.